The number of aromatic nitrogens is 1. The van der Waals surface area contributed by atoms with E-state index in [4.69, 9.17) is 11.1 Å². The molecule has 6 nitrogen and oxygen atoms in total. The van der Waals surface area contributed by atoms with Gasteiger partial charge >= 0.3 is 0 Å². The number of amidine groups is 1. The molecule has 19 heavy (non-hydrogen) atoms. The molecule has 0 atom stereocenters. The van der Waals surface area contributed by atoms with E-state index in [9.17, 15) is 10.1 Å². The molecule has 0 fully saturated rings. The van der Waals surface area contributed by atoms with E-state index in [1.807, 2.05) is 0 Å². The SMILES string of the molecule is N=C(N)c1cccnc1Cc1ccc([N+](=O)[O-])cc1. The number of hydrogen-bond acceptors (Lipinski definition) is 4. The van der Waals surface area contributed by atoms with Gasteiger partial charge in [0.05, 0.1) is 10.6 Å². The standard InChI is InChI=1S/C13H12N4O2/c14-13(15)11-2-1-7-16-12(11)8-9-3-5-10(6-4-9)17(18)19/h1-7H,8H2,(H3,14,15). The van der Waals surface area contributed by atoms with Gasteiger partial charge in [0.25, 0.3) is 5.69 Å². The van der Waals surface area contributed by atoms with Crippen LogP contribution >= 0.6 is 0 Å². The van der Waals surface area contributed by atoms with Gasteiger partial charge in [0.15, 0.2) is 0 Å². The Hall–Kier alpha value is -2.76. The number of nitrogens with one attached hydrogen (secondary N) is 1. The molecule has 0 aliphatic heterocycles. The zero-order valence-corrected chi connectivity index (χ0v) is 10.0. The second kappa shape index (κ2) is 5.26. The van der Waals surface area contributed by atoms with Crippen molar-refractivity contribution in [3.63, 3.8) is 0 Å². The van der Waals surface area contributed by atoms with Gasteiger partial charge in [-0.1, -0.05) is 12.1 Å². The van der Waals surface area contributed by atoms with Crippen molar-refractivity contribution in [1.82, 2.24) is 4.98 Å². The predicted molar refractivity (Wildman–Crippen MR) is 71.2 cm³/mol. The lowest BCUT2D eigenvalue weighted by atomic mass is 10.0. The molecule has 0 spiro atoms. The van der Waals surface area contributed by atoms with Crippen LogP contribution in [-0.2, 0) is 6.42 Å². The number of hydrogen-bond donors (Lipinski definition) is 2. The number of nitrogens with zero attached hydrogens (tertiary/aromatic N) is 2. The number of benzene rings is 1. The number of non-ortho nitro benzene ring substituents is 1. The predicted octanol–water partition coefficient (Wildman–Crippen LogP) is 1.86. The zero-order valence-electron chi connectivity index (χ0n) is 10.0. The first kappa shape index (κ1) is 12.7. The Kier molecular flexibility index (Phi) is 3.51. The van der Waals surface area contributed by atoms with Crippen LogP contribution < -0.4 is 5.73 Å². The first-order valence-corrected chi connectivity index (χ1v) is 5.59. The Balaban J connectivity index is 2.26. The van der Waals surface area contributed by atoms with Crippen LogP contribution in [0.25, 0.3) is 0 Å². The smallest absolute Gasteiger partial charge is 0.269 e. The molecular weight excluding hydrogens is 244 g/mol. The Morgan fingerprint density at radius 2 is 2.00 bits per heavy atom. The van der Waals surface area contributed by atoms with E-state index in [-0.39, 0.29) is 11.5 Å². The third-order valence-electron chi connectivity index (χ3n) is 2.70. The molecule has 1 aromatic carbocycles. The number of nitro groups is 1. The third kappa shape index (κ3) is 2.92. The number of rotatable bonds is 4. The quantitative estimate of drug-likeness (QED) is 0.377. The lowest BCUT2D eigenvalue weighted by Gasteiger charge is -2.06. The Labute approximate surface area is 109 Å². The van der Waals surface area contributed by atoms with Crippen LogP contribution in [0.3, 0.4) is 0 Å². The highest BCUT2D eigenvalue weighted by molar-refractivity contribution is 5.96. The summed E-state index contributed by atoms with van der Waals surface area (Å²) in [7, 11) is 0. The van der Waals surface area contributed by atoms with Gasteiger partial charge in [0.2, 0.25) is 0 Å². The molecule has 0 amide bonds. The molecule has 1 heterocycles. The number of nitrogens with two attached hydrogens (primary N) is 1. The lowest BCUT2D eigenvalue weighted by Crippen LogP contribution is -2.14. The summed E-state index contributed by atoms with van der Waals surface area (Å²) in [5, 5.41) is 18.0. The van der Waals surface area contributed by atoms with E-state index in [1.54, 1.807) is 30.5 Å². The van der Waals surface area contributed by atoms with Gasteiger partial charge in [-0.3, -0.25) is 20.5 Å². The Morgan fingerprint density at radius 3 is 2.58 bits per heavy atom. The molecule has 0 unspecified atom stereocenters. The highest BCUT2D eigenvalue weighted by Gasteiger charge is 2.08. The molecule has 2 aromatic rings. The highest BCUT2D eigenvalue weighted by atomic mass is 16.6. The summed E-state index contributed by atoms with van der Waals surface area (Å²) in [4.78, 5) is 14.3. The van der Waals surface area contributed by atoms with Crippen LogP contribution in [0.4, 0.5) is 5.69 Å². The summed E-state index contributed by atoms with van der Waals surface area (Å²) < 4.78 is 0. The Bertz CT molecular complexity index is 623. The average Bonchev–Trinajstić information content (AvgIpc) is 2.39. The van der Waals surface area contributed by atoms with E-state index in [1.165, 1.54) is 12.1 Å². The topological polar surface area (TPSA) is 106 Å². The number of nitrogen functional groups attached to an aromatic ring is 1. The molecule has 0 aliphatic carbocycles. The van der Waals surface area contributed by atoms with Crippen LogP contribution in [0, 0.1) is 15.5 Å². The zero-order chi connectivity index (χ0) is 13.8. The highest BCUT2D eigenvalue weighted by Crippen LogP contribution is 2.16. The van der Waals surface area contributed by atoms with Crippen LogP contribution in [0.5, 0.6) is 0 Å². The summed E-state index contributed by atoms with van der Waals surface area (Å²) in [5.41, 5.74) is 7.69. The second-order valence-electron chi connectivity index (χ2n) is 4.01. The first-order chi connectivity index (χ1) is 9.08. The molecule has 96 valence electrons. The van der Waals surface area contributed by atoms with Crippen molar-refractivity contribution < 1.29 is 4.92 Å². The van der Waals surface area contributed by atoms with Gasteiger partial charge < -0.3 is 5.73 Å². The minimum Gasteiger partial charge on any atom is -0.384 e. The Morgan fingerprint density at radius 1 is 1.32 bits per heavy atom. The first-order valence-electron chi connectivity index (χ1n) is 5.59. The van der Waals surface area contributed by atoms with Gasteiger partial charge in [0.1, 0.15) is 5.84 Å². The minimum absolute atomic E-state index is 0.0370. The molecule has 3 N–H and O–H groups in total. The number of pyridine rings is 1. The summed E-state index contributed by atoms with van der Waals surface area (Å²) in [5.74, 6) is -0.0370. The van der Waals surface area contributed by atoms with Gasteiger partial charge in [-0.15, -0.1) is 0 Å². The van der Waals surface area contributed by atoms with Crippen molar-refractivity contribution in [3.8, 4) is 0 Å². The van der Waals surface area contributed by atoms with Gasteiger partial charge in [0, 0.05) is 30.3 Å². The fourth-order valence-electron chi connectivity index (χ4n) is 1.75. The molecule has 2 rings (SSSR count). The largest absolute Gasteiger partial charge is 0.384 e. The van der Waals surface area contributed by atoms with Crippen molar-refractivity contribution in [1.29, 1.82) is 5.41 Å². The average molecular weight is 256 g/mol. The molecular formula is C13H12N4O2. The van der Waals surface area contributed by atoms with Crippen molar-refractivity contribution in [2.45, 2.75) is 6.42 Å². The lowest BCUT2D eigenvalue weighted by molar-refractivity contribution is -0.384. The maximum Gasteiger partial charge on any atom is 0.269 e. The summed E-state index contributed by atoms with van der Waals surface area (Å²) in [6.45, 7) is 0. The maximum atomic E-state index is 10.6. The molecule has 1 aromatic heterocycles. The minimum atomic E-state index is -0.439. The molecule has 0 saturated heterocycles. The van der Waals surface area contributed by atoms with E-state index in [2.05, 4.69) is 4.98 Å². The molecule has 0 bridgehead atoms. The fraction of sp³-hybridized carbons (Fsp3) is 0.0769. The molecule has 6 heteroatoms. The van der Waals surface area contributed by atoms with Gasteiger partial charge in [-0.25, -0.2) is 0 Å². The number of nitro benzene ring substituents is 1. The van der Waals surface area contributed by atoms with E-state index < -0.39 is 4.92 Å². The summed E-state index contributed by atoms with van der Waals surface area (Å²) in [6.07, 6.45) is 2.11. The van der Waals surface area contributed by atoms with Gasteiger partial charge in [-0.2, -0.15) is 0 Å². The van der Waals surface area contributed by atoms with Crippen LogP contribution in [-0.4, -0.2) is 15.7 Å². The van der Waals surface area contributed by atoms with Crippen LogP contribution in [0.1, 0.15) is 16.8 Å². The van der Waals surface area contributed by atoms with Crippen molar-refractivity contribution in [2.24, 2.45) is 5.73 Å². The van der Waals surface area contributed by atoms with Crippen LogP contribution in [0.15, 0.2) is 42.6 Å². The molecule has 0 aliphatic rings. The third-order valence-corrected chi connectivity index (χ3v) is 2.70. The summed E-state index contributed by atoms with van der Waals surface area (Å²) in [6, 6.07) is 9.71. The molecule has 0 saturated carbocycles. The van der Waals surface area contributed by atoms with E-state index >= 15 is 0 Å². The fourth-order valence-corrected chi connectivity index (χ4v) is 1.75. The van der Waals surface area contributed by atoms with Crippen LogP contribution in [0.2, 0.25) is 0 Å². The molecule has 0 radical (unpaired) electrons. The van der Waals surface area contributed by atoms with Gasteiger partial charge in [-0.05, 0) is 17.7 Å². The normalized spacial score (nSPS) is 10.1. The van der Waals surface area contributed by atoms with Crippen molar-refractivity contribution in [2.75, 3.05) is 0 Å². The van der Waals surface area contributed by atoms with E-state index in [0.29, 0.717) is 17.7 Å². The summed E-state index contributed by atoms with van der Waals surface area (Å²) >= 11 is 0. The monoisotopic (exact) mass is 256 g/mol. The van der Waals surface area contributed by atoms with Crippen molar-refractivity contribution >= 4 is 11.5 Å². The van der Waals surface area contributed by atoms with Crippen molar-refractivity contribution in [3.05, 3.63) is 69.5 Å². The maximum absolute atomic E-state index is 10.6. The second-order valence-corrected chi connectivity index (χ2v) is 4.01. The van der Waals surface area contributed by atoms with E-state index in [0.717, 1.165) is 5.56 Å².